The van der Waals surface area contributed by atoms with E-state index in [1.807, 2.05) is 24.3 Å². The molecule has 2 heterocycles. The van der Waals surface area contributed by atoms with Crippen LogP contribution in [-0.4, -0.2) is 41.7 Å². The monoisotopic (exact) mass is 519 g/mol. The van der Waals surface area contributed by atoms with E-state index in [2.05, 4.69) is 5.32 Å². The largest absolute Gasteiger partial charge is 0.493 e. The Morgan fingerprint density at radius 1 is 1.05 bits per heavy atom. The Hall–Kier alpha value is -4.18. The number of hydrogen-bond donors (Lipinski definition) is 1. The number of ether oxygens (including phenoxy) is 4. The van der Waals surface area contributed by atoms with Crippen LogP contribution < -0.4 is 29.8 Å². The molecule has 5 rings (SSSR count). The van der Waals surface area contributed by atoms with Gasteiger partial charge in [0.1, 0.15) is 0 Å². The van der Waals surface area contributed by atoms with E-state index >= 15 is 0 Å². The van der Waals surface area contributed by atoms with Crippen LogP contribution in [0, 0.1) is 0 Å². The van der Waals surface area contributed by atoms with Gasteiger partial charge in [0.25, 0.3) is 5.56 Å². The molecule has 190 valence electrons. The smallest absolute Gasteiger partial charge is 0.266 e. The number of nitrogens with one attached hydrogen (secondary N) is 1. The summed E-state index contributed by atoms with van der Waals surface area (Å²) in [4.78, 5) is 31.3. The first kappa shape index (κ1) is 24.5. The van der Waals surface area contributed by atoms with Crippen molar-refractivity contribution in [2.24, 2.45) is 0 Å². The summed E-state index contributed by atoms with van der Waals surface area (Å²) < 4.78 is 23.0. The van der Waals surface area contributed by atoms with Gasteiger partial charge in [0.15, 0.2) is 28.2 Å². The van der Waals surface area contributed by atoms with Crippen molar-refractivity contribution in [3.05, 3.63) is 76.6 Å². The van der Waals surface area contributed by atoms with Crippen LogP contribution in [-0.2, 0) is 11.3 Å². The second-order valence-corrected chi connectivity index (χ2v) is 9.56. The number of nitrogens with zero attached hydrogens (tertiary/aromatic N) is 2. The van der Waals surface area contributed by atoms with Crippen LogP contribution in [0.15, 0.2) is 70.6 Å². The van der Waals surface area contributed by atoms with Gasteiger partial charge in [-0.15, -0.1) is 0 Å². The van der Waals surface area contributed by atoms with Gasteiger partial charge in [-0.05, 0) is 48.9 Å². The van der Waals surface area contributed by atoms with Crippen LogP contribution in [0.3, 0.4) is 0 Å². The Bertz CT molecular complexity index is 1540. The predicted molar refractivity (Wildman–Crippen MR) is 140 cm³/mol. The van der Waals surface area contributed by atoms with Crippen LogP contribution in [0.4, 0.5) is 0 Å². The van der Waals surface area contributed by atoms with E-state index in [1.54, 1.807) is 50.4 Å². The number of para-hydroxylation sites is 1. The molecule has 10 heteroatoms. The third kappa shape index (κ3) is 4.92. The molecule has 1 N–H and O–H groups in total. The van der Waals surface area contributed by atoms with Crippen molar-refractivity contribution in [2.45, 2.75) is 23.9 Å². The Labute approximate surface area is 217 Å². The maximum absolute atomic E-state index is 13.6. The Balaban J connectivity index is 1.43. The van der Waals surface area contributed by atoms with Crippen LogP contribution in [0.2, 0.25) is 0 Å². The van der Waals surface area contributed by atoms with Gasteiger partial charge in [-0.1, -0.05) is 30.0 Å². The number of hydrogen-bond acceptors (Lipinski definition) is 8. The summed E-state index contributed by atoms with van der Waals surface area (Å²) in [5.74, 6) is 2.18. The Morgan fingerprint density at radius 3 is 2.65 bits per heavy atom. The molecule has 1 aliphatic heterocycles. The zero-order valence-corrected chi connectivity index (χ0v) is 21.3. The maximum Gasteiger partial charge on any atom is 0.266 e. The molecule has 0 radical (unpaired) electrons. The first-order valence-corrected chi connectivity index (χ1v) is 12.4. The second kappa shape index (κ2) is 10.4. The van der Waals surface area contributed by atoms with Gasteiger partial charge < -0.3 is 24.3 Å². The number of fused-ring (bicyclic) bond motifs is 2. The highest BCUT2D eigenvalue weighted by Crippen LogP contribution is 2.33. The molecule has 1 atom stereocenters. The number of aromatic nitrogens is 2. The topological polar surface area (TPSA) is 101 Å². The number of thioether (sulfide) groups is 1. The van der Waals surface area contributed by atoms with Gasteiger partial charge in [-0.25, -0.2) is 4.98 Å². The number of carbonyl (C=O) groups is 1. The van der Waals surface area contributed by atoms with E-state index in [0.717, 1.165) is 5.56 Å². The van der Waals surface area contributed by atoms with Crippen LogP contribution in [0.1, 0.15) is 12.5 Å². The highest BCUT2D eigenvalue weighted by atomic mass is 32.2. The number of benzene rings is 3. The molecule has 9 nitrogen and oxygen atoms in total. The van der Waals surface area contributed by atoms with Crippen LogP contribution in [0.25, 0.3) is 16.6 Å². The third-order valence-electron chi connectivity index (χ3n) is 5.93. The Morgan fingerprint density at radius 2 is 1.84 bits per heavy atom. The molecule has 1 aliphatic rings. The van der Waals surface area contributed by atoms with E-state index in [1.165, 1.54) is 23.4 Å². The van der Waals surface area contributed by atoms with Crippen molar-refractivity contribution in [1.82, 2.24) is 14.9 Å². The predicted octanol–water partition coefficient (Wildman–Crippen LogP) is 3.93. The molecule has 4 aromatic rings. The lowest BCUT2D eigenvalue weighted by Crippen LogP contribution is -2.31. The van der Waals surface area contributed by atoms with Gasteiger partial charge >= 0.3 is 0 Å². The number of rotatable bonds is 8. The first-order valence-electron chi connectivity index (χ1n) is 11.6. The van der Waals surface area contributed by atoms with Crippen molar-refractivity contribution in [1.29, 1.82) is 0 Å². The van der Waals surface area contributed by atoms with E-state index < -0.39 is 5.25 Å². The minimum absolute atomic E-state index is 0.191. The van der Waals surface area contributed by atoms with Crippen molar-refractivity contribution in [2.75, 3.05) is 21.0 Å². The highest BCUT2D eigenvalue weighted by molar-refractivity contribution is 8.00. The summed E-state index contributed by atoms with van der Waals surface area (Å²) in [6.07, 6.45) is 0. The fourth-order valence-electron chi connectivity index (χ4n) is 3.98. The molecule has 0 bridgehead atoms. The summed E-state index contributed by atoms with van der Waals surface area (Å²) in [6.45, 7) is 2.30. The van der Waals surface area contributed by atoms with Crippen LogP contribution >= 0.6 is 11.8 Å². The average Bonchev–Trinajstić information content (AvgIpc) is 3.39. The molecule has 0 saturated carbocycles. The molecule has 1 aromatic heterocycles. The van der Waals surface area contributed by atoms with Gasteiger partial charge in [-0.2, -0.15) is 0 Å². The lowest BCUT2D eigenvalue weighted by Gasteiger charge is -2.17. The fourth-order valence-corrected chi connectivity index (χ4v) is 4.93. The molecular weight excluding hydrogens is 494 g/mol. The van der Waals surface area contributed by atoms with Crippen molar-refractivity contribution in [3.63, 3.8) is 0 Å². The minimum Gasteiger partial charge on any atom is -0.493 e. The maximum atomic E-state index is 13.6. The van der Waals surface area contributed by atoms with Crippen molar-refractivity contribution in [3.8, 4) is 28.7 Å². The molecule has 1 unspecified atom stereocenters. The van der Waals surface area contributed by atoms with E-state index in [-0.39, 0.29) is 18.3 Å². The van der Waals surface area contributed by atoms with Gasteiger partial charge in [0, 0.05) is 12.6 Å². The normalized spacial score (nSPS) is 12.8. The molecule has 0 spiro atoms. The number of carbonyl (C=O) groups excluding carboxylic acids is 1. The van der Waals surface area contributed by atoms with E-state index in [0.29, 0.717) is 51.3 Å². The van der Waals surface area contributed by atoms with Gasteiger partial charge in [-0.3, -0.25) is 14.2 Å². The number of amides is 1. The SMILES string of the molecule is COc1ccc(-n2c(SC(C)C(=O)NCc3ccc4c(c3)OCO4)nc3ccccc3c2=O)cc1OC. The van der Waals surface area contributed by atoms with E-state index in [9.17, 15) is 9.59 Å². The summed E-state index contributed by atoms with van der Waals surface area (Å²) >= 11 is 1.20. The Kier molecular flexibility index (Phi) is 6.91. The van der Waals surface area contributed by atoms with Gasteiger partial charge in [0.2, 0.25) is 12.7 Å². The third-order valence-corrected chi connectivity index (χ3v) is 6.98. The molecule has 37 heavy (non-hydrogen) atoms. The first-order chi connectivity index (χ1) is 18.0. The summed E-state index contributed by atoms with van der Waals surface area (Å²) in [7, 11) is 3.08. The summed E-state index contributed by atoms with van der Waals surface area (Å²) in [6, 6.07) is 17.9. The summed E-state index contributed by atoms with van der Waals surface area (Å²) in [5.41, 5.74) is 1.75. The molecule has 0 fully saturated rings. The van der Waals surface area contributed by atoms with Gasteiger partial charge in [0.05, 0.1) is 36.1 Å². The van der Waals surface area contributed by atoms with Crippen LogP contribution in [0.5, 0.6) is 23.0 Å². The standard InChI is InChI=1S/C27H25N3O6S/c1-16(25(31)28-14-17-8-10-22-24(12-17)36-15-35-22)37-27-29-20-7-5-4-6-19(20)26(32)30(27)18-9-11-21(33-2)23(13-18)34-3/h4-13,16H,14-15H2,1-3H3,(H,28,31). The lowest BCUT2D eigenvalue weighted by molar-refractivity contribution is -0.120. The second-order valence-electron chi connectivity index (χ2n) is 8.26. The fraction of sp³-hybridized carbons (Fsp3) is 0.222. The zero-order valence-electron chi connectivity index (χ0n) is 20.5. The average molecular weight is 520 g/mol. The number of methoxy groups -OCH3 is 2. The molecule has 3 aromatic carbocycles. The lowest BCUT2D eigenvalue weighted by atomic mass is 10.2. The molecule has 0 aliphatic carbocycles. The van der Waals surface area contributed by atoms with Crippen molar-refractivity contribution >= 4 is 28.6 Å². The van der Waals surface area contributed by atoms with E-state index in [4.69, 9.17) is 23.9 Å². The highest BCUT2D eigenvalue weighted by Gasteiger charge is 2.21. The quantitative estimate of drug-likeness (QED) is 0.276. The summed E-state index contributed by atoms with van der Waals surface area (Å²) in [5, 5.41) is 3.28. The molecular formula is C27H25N3O6S. The van der Waals surface area contributed by atoms with Crippen molar-refractivity contribution < 1.29 is 23.7 Å². The molecule has 0 saturated heterocycles. The molecule has 1 amide bonds. The minimum atomic E-state index is -0.534. The zero-order chi connectivity index (χ0) is 25.9.